The maximum absolute atomic E-state index is 4.30. The lowest BCUT2D eigenvalue weighted by molar-refractivity contribution is 0.615. The highest BCUT2D eigenvalue weighted by Crippen LogP contribution is 2.00. The van der Waals surface area contributed by atoms with Crippen molar-refractivity contribution in [1.29, 1.82) is 0 Å². The van der Waals surface area contributed by atoms with Gasteiger partial charge in [-0.2, -0.15) is 10.2 Å². The minimum absolute atomic E-state index is 0.824. The molecule has 0 aliphatic rings. The van der Waals surface area contributed by atoms with Crippen molar-refractivity contribution in [3.05, 3.63) is 29.6 Å². The summed E-state index contributed by atoms with van der Waals surface area (Å²) in [6.07, 6.45) is 2.57. The summed E-state index contributed by atoms with van der Waals surface area (Å²) in [7, 11) is 3.84. The maximum atomic E-state index is 4.30. The summed E-state index contributed by atoms with van der Waals surface area (Å²) in [5.41, 5.74) is 2.24. The molecule has 0 aliphatic heterocycles. The minimum Gasteiger partial charge on any atom is -0.311 e. The molecule has 0 radical (unpaired) electrons. The van der Waals surface area contributed by atoms with Crippen molar-refractivity contribution in [2.45, 2.75) is 19.9 Å². The van der Waals surface area contributed by atoms with Crippen LogP contribution in [0.25, 0.3) is 0 Å². The second kappa shape index (κ2) is 5.09. The molecule has 17 heavy (non-hydrogen) atoms. The van der Waals surface area contributed by atoms with Crippen LogP contribution in [0.3, 0.4) is 0 Å². The minimum atomic E-state index is 0.824. The number of aryl methyl sites for hydroxylation is 3. The van der Waals surface area contributed by atoms with Crippen LogP contribution in [0.15, 0.2) is 12.4 Å². The van der Waals surface area contributed by atoms with Crippen molar-refractivity contribution in [3.63, 3.8) is 0 Å². The molecule has 1 N–H and O–H groups in total. The Hall–Kier alpha value is -1.69. The van der Waals surface area contributed by atoms with Crippen molar-refractivity contribution in [2.75, 3.05) is 6.54 Å². The molecule has 0 spiro atoms. The molecule has 0 saturated carbocycles. The first-order valence-corrected chi connectivity index (χ1v) is 5.70. The van der Waals surface area contributed by atoms with E-state index in [0.29, 0.717) is 0 Å². The van der Waals surface area contributed by atoms with Gasteiger partial charge in [0.05, 0.1) is 11.4 Å². The lowest BCUT2D eigenvalue weighted by Gasteiger charge is -2.03. The van der Waals surface area contributed by atoms with Gasteiger partial charge in [-0.3, -0.25) is 9.36 Å². The molecule has 2 aromatic heterocycles. The normalized spacial score (nSPS) is 11.0. The van der Waals surface area contributed by atoms with Gasteiger partial charge in [-0.15, -0.1) is 0 Å². The van der Waals surface area contributed by atoms with Crippen LogP contribution in [0, 0.1) is 6.92 Å². The average molecular weight is 234 g/mol. The van der Waals surface area contributed by atoms with Gasteiger partial charge in [0.25, 0.3) is 0 Å². The monoisotopic (exact) mass is 234 g/mol. The van der Waals surface area contributed by atoms with Gasteiger partial charge in [-0.05, 0) is 13.0 Å². The van der Waals surface area contributed by atoms with Crippen LogP contribution in [0.2, 0.25) is 0 Å². The number of aromatic nitrogens is 5. The lowest BCUT2D eigenvalue weighted by atomic mass is 10.3. The lowest BCUT2D eigenvalue weighted by Crippen LogP contribution is -2.19. The van der Waals surface area contributed by atoms with Gasteiger partial charge >= 0.3 is 0 Å². The fourth-order valence-electron chi connectivity index (χ4n) is 1.74. The average Bonchev–Trinajstić information content (AvgIpc) is 2.81. The molecule has 0 amide bonds. The van der Waals surface area contributed by atoms with Gasteiger partial charge in [0.1, 0.15) is 6.33 Å². The predicted molar refractivity (Wildman–Crippen MR) is 64.4 cm³/mol. The molecule has 0 unspecified atom stereocenters. The summed E-state index contributed by atoms with van der Waals surface area (Å²) in [5, 5.41) is 11.9. The van der Waals surface area contributed by atoms with Crippen LogP contribution in [0.4, 0.5) is 0 Å². The fourth-order valence-corrected chi connectivity index (χ4v) is 1.74. The molecule has 0 fully saturated rings. The van der Waals surface area contributed by atoms with Gasteiger partial charge in [-0.1, -0.05) is 0 Å². The smallest absolute Gasteiger partial charge is 0.151 e. The summed E-state index contributed by atoms with van der Waals surface area (Å²) >= 11 is 0. The molecule has 0 bridgehead atoms. The Balaban J connectivity index is 1.75. The van der Waals surface area contributed by atoms with E-state index in [1.165, 1.54) is 5.69 Å². The fraction of sp³-hybridized carbons (Fsp3) is 0.545. The molecular formula is C11H18N6. The van der Waals surface area contributed by atoms with Crippen LogP contribution in [0.1, 0.15) is 17.2 Å². The summed E-state index contributed by atoms with van der Waals surface area (Å²) in [6, 6.07) is 2.09. The Morgan fingerprint density at radius 1 is 1.29 bits per heavy atom. The topological polar surface area (TPSA) is 60.6 Å². The summed E-state index contributed by atoms with van der Waals surface area (Å²) in [6.45, 7) is 3.69. The second-order valence-corrected chi connectivity index (χ2v) is 4.16. The van der Waals surface area contributed by atoms with E-state index in [4.69, 9.17) is 0 Å². The van der Waals surface area contributed by atoms with Gasteiger partial charge in [0.15, 0.2) is 5.82 Å². The van der Waals surface area contributed by atoms with Gasteiger partial charge in [0, 0.05) is 33.6 Å². The van der Waals surface area contributed by atoms with Crippen LogP contribution >= 0.6 is 0 Å². The molecule has 2 heterocycles. The number of rotatable bonds is 5. The van der Waals surface area contributed by atoms with E-state index in [-0.39, 0.29) is 0 Å². The van der Waals surface area contributed by atoms with Crippen molar-refractivity contribution in [2.24, 2.45) is 14.1 Å². The SMILES string of the molecule is Cc1cc(CNCCc2ncn(C)n2)n(C)n1. The first-order valence-electron chi connectivity index (χ1n) is 5.70. The van der Waals surface area contributed by atoms with E-state index in [0.717, 1.165) is 31.0 Å². The summed E-state index contributed by atoms with van der Waals surface area (Å²) < 4.78 is 3.63. The summed E-state index contributed by atoms with van der Waals surface area (Å²) in [5.74, 6) is 0.876. The zero-order chi connectivity index (χ0) is 12.3. The molecule has 0 aliphatic carbocycles. The number of hydrogen-bond acceptors (Lipinski definition) is 4. The van der Waals surface area contributed by atoms with Crippen LogP contribution in [0.5, 0.6) is 0 Å². The molecule has 6 heteroatoms. The Labute approximate surface area is 101 Å². The highest BCUT2D eigenvalue weighted by molar-refractivity contribution is 5.08. The quantitative estimate of drug-likeness (QED) is 0.750. The molecular weight excluding hydrogens is 216 g/mol. The first-order chi connectivity index (χ1) is 8.15. The van der Waals surface area contributed by atoms with E-state index < -0.39 is 0 Å². The van der Waals surface area contributed by atoms with Crippen molar-refractivity contribution >= 4 is 0 Å². The van der Waals surface area contributed by atoms with E-state index in [9.17, 15) is 0 Å². The molecule has 0 saturated heterocycles. The molecule has 92 valence electrons. The number of nitrogens with zero attached hydrogens (tertiary/aromatic N) is 5. The maximum Gasteiger partial charge on any atom is 0.151 e. The van der Waals surface area contributed by atoms with Gasteiger partial charge < -0.3 is 5.32 Å². The van der Waals surface area contributed by atoms with Gasteiger partial charge in [-0.25, -0.2) is 4.98 Å². The highest BCUT2D eigenvalue weighted by atomic mass is 15.3. The van der Waals surface area contributed by atoms with Crippen molar-refractivity contribution < 1.29 is 0 Å². The van der Waals surface area contributed by atoms with E-state index >= 15 is 0 Å². The Bertz CT molecular complexity index is 484. The first kappa shape index (κ1) is 11.8. The van der Waals surface area contributed by atoms with Gasteiger partial charge in [0.2, 0.25) is 0 Å². The third-order valence-corrected chi connectivity index (χ3v) is 2.58. The summed E-state index contributed by atoms with van der Waals surface area (Å²) in [4.78, 5) is 4.18. The largest absolute Gasteiger partial charge is 0.311 e. The Kier molecular flexibility index (Phi) is 3.53. The molecule has 2 rings (SSSR count). The third kappa shape index (κ3) is 3.13. The van der Waals surface area contributed by atoms with Crippen molar-refractivity contribution in [3.8, 4) is 0 Å². The molecule has 0 aromatic carbocycles. The second-order valence-electron chi connectivity index (χ2n) is 4.16. The molecule has 6 nitrogen and oxygen atoms in total. The van der Waals surface area contributed by atoms with E-state index in [2.05, 4.69) is 26.6 Å². The van der Waals surface area contributed by atoms with E-state index in [1.807, 2.05) is 25.7 Å². The van der Waals surface area contributed by atoms with Crippen LogP contribution in [-0.2, 0) is 27.1 Å². The number of nitrogens with one attached hydrogen (secondary N) is 1. The zero-order valence-electron chi connectivity index (χ0n) is 10.5. The third-order valence-electron chi connectivity index (χ3n) is 2.58. The zero-order valence-corrected chi connectivity index (χ0v) is 10.5. The highest BCUT2D eigenvalue weighted by Gasteiger charge is 2.02. The Morgan fingerprint density at radius 2 is 2.12 bits per heavy atom. The van der Waals surface area contributed by atoms with Crippen molar-refractivity contribution in [1.82, 2.24) is 29.9 Å². The standard InChI is InChI=1S/C11H18N6/c1-9-6-10(17(3)14-9)7-12-5-4-11-13-8-16(2)15-11/h6,8,12H,4-5,7H2,1-3H3. The van der Waals surface area contributed by atoms with Crippen LogP contribution < -0.4 is 5.32 Å². The molecule has 2 aromatic rings. The van der Waals surface area contributed by atoms with E-state index in [1.54, 1.807) is 11.0 Å². The Morgan fingerprint density at radius 3 is 2.71 bits per heavy atom. The van der Waals surface area contributed by atoms with Crippen LogP contribution in [-0.4, -0.2) is 31.1 Å². The molecule has 0 atom stereocenters. The predicted octanol–water partition coefficient (Wildman–Crippen LogP) is 0.189. The number of hydrogen-bond donors (Lipinski definition) is 1.